The predicted octanol–water partition coefficient (Wildman–Crippen LogP) is 3.57. The first-order valence-electron chi connectivity index (χ1n) is 9.41. The standard InChI is InChI=1S/C20H19ClN4O3S2/c1-10-6-7-11(8-13(10)21)25-18(27)16-12-4-2-3-5-14(12)30-17(16)24-20(25)29-9-15(26)23-19(22)28/h6-8H,2-5,9H2,1H3,(H3,22,23,26,28). The number of nitrogens with two attached hydrogens (primary N) is 1. The second-order valence-corrected chi connectivity index (χ2v) is 9.49. The van der Waals surface area contributed by atoms with Crippen LogP contribution in [-0.4, -0.2) is 27.2 Å². The molecule has 2 heterocycles. The first-order chi connectivity index (χ1) is 14.3. The summed E-state index contributed by atoms with van der Waals surface area (Å²) in [6.45, 7) is 1.88. The number of hydrogen-bond acceptors (Lipinski definition) is 6. The van der Waals surface area contributed by atoms with E-state index in [4.69, 9.17) is 22.3 Å². The summed E-state index contributed by atoms with van der Waals surface area (Å²) in [7, 11) is 0. The van der Waals surface area contributed by atoms with Gasteiger partial charge in [-0.25, -0.2) is 9.78 Å². The molecule has 1 aliphatic carbocycles. The summed E-state index contributed by atoms with van der Waals surface area (Å²) in [6.07, 6.45) is 3.99. The number of fused-ring (bicyclic) bond motifs is 3. The highest BCUT2D eigenvalue weighted by Crippen LogP contribution is 2.35. The Morgan fingerprint density at radius 2 is 2.10 bits per heavy atom. The summed E-state index contributed by atoms with van der Waals surface area (Å²) in [5, 5.41) is 3.58. The molecular formula is C20H19ClN4O3S2. The fraction of sp³-hybridized carbons (Fsp3) is 0.300. The molecule has 0 spiro atoms. The third-order valence-corrected chi connectivity index (χ3v) is 7.50. The lowest BCUT2D eigenvalue weighted by Gasteiger charge is -2.14. The summed E-state index contributed by atoms with van der Waals surface area (Å²) in [5.74, 6) is -0.660. The van der Waals surface area contributed by atoms with E-state index < -0.39 is 11.9 Å². The van der Waals surface area contributed by atoms with Crippen LogP contribution in [0.25, 0.3) is 15.9 Å². The Kier molecular flexibility index (Phi) is 5.86. The molecular weight excluding hydrogens is 444 g/mol. The Hall–Kier alpha value is -2.36. The van der Waals surface area contributed by atoms with Crippen LogP contribution in [0.5, 0.6) is 0 Å². The van der Waals surface area contributed by atoms with Crippen LogP contribution < -0.4 is 16.6 Å². The van der Waals surface area contributed by atoms with Crippen molar-refractivity contribution in [3.05, 3.63) is 49.6 Å². The Bertz CT molecular complexity index is 1230. The number of carbonyl (C=O) groups excluding carboxylic acids is 2. The van der Waals surface area contributed by atoms with Crippen LogP contribution in [0.2, 0.25) is 5.02 Å². The molecule has 3 amide bonds. The van der Waals surface area contributed by atoms with E-state index in [-0.39, 0.29) is 11.3 Å². The number of rotatable bonds is 4. The number of amides is 3. The summed E-state index contributed by atoms with van der Waals surface area (Å²) < 4.78 is 1.50. The van der Waals surface area contributed by atoms with E-state index in [1.54, 1.807) is 17.4 Å². The topological polar surface area (TPSA) is 107 Å². The van der Waals surface area contributed by atoms with Crippen molar-refractivity contribution in [1.82, 2.24) is 14.9 Å². The van der Waals surface area contributed by atoms with Crippen LogP contribution in [0, 0.1) is 6.92 Å². The third-order valence-electron chi connectivity index (χ3n) is 4.97. The van der Waals surface area contributed by atoms with Gasteiger partial charge in [0, 0.05) is 9.90 Å². The Morgan fingerprint density at radius 3 is 2.83 bits per heavy atom. The quantitative estimate of drug-likeness (QED) is 0.455. The largest absolute Gasteiger partial charge is 0.351 e. The molecule has 0 saturated heterocycles. The molecule has 4 rings (SSSR count). The zero-order chi connectivity index (χ0) is 21.4. The molecule has 0 saturated carbocycles. The Balaban J connectivity index is 1.87. The molecule has 0 radical (unpaired) electrons. The first kappa shape index (κ1) is 20.9. The molecule has 0 unspecified atom stereocenters. The summed E-state index contributed by atoms with van der Waals surface area (Å²) in [6, 6.07) is 4.45. The van der Waals surface area contributed by atoms with E-state index in [9.17, 15) is 14.4 Å². The number of urea groups is 1. The highest BCUT2D eigenvalue weighted by molar-refractivity contribution is 7.99. The van der Waals surface area contributed by atoms with Gasteiger partial charge in [-0.3, -0.25) is 19.5 Å². The number of nitrogens with one attached hydrogen (secondary N) is 1. The van der Waals surface area contributed by atoms with Gasteiger partial charge in [0.05, 0.1) is 16.8 Å². The molecule has 30 heavy (non-hydrogen) atoms. The number of hydrogen-bond donors (Lipinski definition) is 2. The molecule has 156 valence electrons. The minimum Gasteiger partial charge on any atom is -0.351 e. The van der Waals surface area contributed by atoms with Crippen LogP contribution >= 0.6 is 34.7 Å². The molecule has 0 atom stereocenters. The number of aryl methyl sites for hydroxylation is 3. The monoisotopic (exact) mass is 462 g/mol. The Labute approximate surface area is 185 Å². The van der Waals surface area contributed by atoms with Gasteiger partial charge in [-0.15, -0.1) is 11.3 Å². The molecule has 10 heteroatoms. The van der Waals surface area contributed by atoms with Gasteiger partial charge in [-0.1, -0.05) is 29.4 Å². The Morgan fingerprint density at radius 1 is 1.33 bits per heavy atom. The van der Waals surface area contributed by atoms with Gasteiger partial charge in [-0.2, -0.15) is 0 Å². The second-order valence-electron chi connectivity index (χ2n) is 7.06. The van der Waals surface area contributed by atoms with Crippen molar-refractivity contribution in [3.8, 4) is 5.69 Å². The zero-order valence-electron chi connectivity index (χ0n) is 16.2. The lowest BCUT2D eigenvalue weighted by molar-refractivity contribution is -0.117. The van der Waals surface area contributed by atoms with Crippen molar-refractivity contribution in [3.63, 3.8) is 0 Å². The average Bonchev–Trinajstić information content (AvgIpc) is 3.07. The van der Waals surface area contributed by atoms with Gasteiger partial charge < -0.3 is 5.73 Å². The molecule has 1 aromatic carbocycles. The fourth-order valence-corrected chi connectivity index (χ4v) is 5.83. The van der Waals surface area contributed by atoms with Crippen molar-refractivity contribution in [2.45, 2.75) is 37.8 Å². The summed E-state index contributed by atoms with van der Waals surface area (Å²) >= 11 is 8.93. The maximum absolute atomic E-state index is 13.6. The molecule has 0 aliphatic heterocycles. The van der Waals surface area contributed by atoms with Gasteiger partial charge >= 0.3 is 6.03 Å². The lowest BCUT2D eigenvalue weighted by Crippen LogP contribution is -2.36. The van der Waals surface area contributed by atoms with Crippen LogP contribution in [0.15, 0.2) is 28.2 Å². The average molecular weight is 463 g/mol. The summed E-state index contributed by atoms with van der Waals surface area (Å²) in [4.78, 5) is 43.0. The number of thioether (sulfide) groups is 1. The maximum atomic E-state index is 13.6. The fourth-order valence-electron chi connectivity index (χ4n) is 3.54. The molecule has 1 aliphatic rings. The van der Waals surface area contributed by atoms with E-state index in [1.165, 1.54) is 9.44 Å². The molecule has 2 aromatic heterocycles. The number of imide groups is 1. The molecule has 7 nitrogen and oxygen atoms in total. The van der Waals surface area contributed by atoms with Crippen molar-refractivity contribution in [1.29, 1.82) is 0 Å². The molecule has 0 fully saturated rings. The van der Waals surface area contributed by atoms with Gasteiger partial charge in [0.25, 0.3) is 5.56 Å². The number of primary amides is 1. The number of carbonyl (C=O) groups is 2. The van der Waals surface area contributed by atoms with Crippen molar-refractivity contribution >= 4 is 56.9 Å². The number of halogens is 1. The molecule has 3 aromatic rings. The van der Waals surface area contributed by atoms with Gasteiger partial charge in [0.15, 0.2) is 5.16 Å². The number of benzene rings is 1. The SMILES string of the molecule is Cc1ccc(-n2c(SCC(=O)NC(N)=O)nc3sc4c(c3c2=O)CCCC4)cc1Cl. The third kappa shape index (κ3) is 3.97. The normalized spacial score (nSPS) is 13.3. The van der Waals surface area contributed by atoms with E-state index in [1.807, 2.05) is 24.4 Å². The van der Waals surface area contributed by atoms with Crippen LogP contribution in [0.3, 0.4) is 0 Å². The maximum Gasteiger partial charge on any atom is 0.318 e. The van der Waals surface area contributed by atoms with Gasteiger partial charge in [-0.05, 0) is 55.9 Å². The smallest absolute Gasteiger partial charge is 0.318 e. The minimum absolute atomic E-state index is 0.106. The van der Waals surface area contributed by atoms with Crippen molar-refractivity contribution < 1.29 is 9.59 Å². The van der Waals surface area contributed by atoms with Crippen LogP contribution in [0.1, 0.15) is 28.8 Å². The van der Waals surface area contributed by atoms with Gasteiger partial charge in [0.2, 0.25) is 5.91 Å². The van der Waals surface area contributed by atoms with E-state index in [2.05, 4.69) is 0 Å². The molecule has 0 bridgehead atoms. The van der Waals surface area contributed by atoms with Crippen molar-refractivity contribution in [2.24, 2.45) is 5.73 Å². The first-order valence-corrected chi connectivity index (χ1v) is 11.6. The number of nitrogens with zero attached hydrogens (tertiary/aromatic N) is 2. The van der Waals surface area contributed by atoms with Crippen LogP contribution in [0.4, 0.5) is 4.79 Å². The number of thiophene rings is 1. The van der Waals surface area contributed by atoms with E-state index in [0.717, 1.165) is 48.6 Å². The predicted molar refractivity (Wildman–Crippen MR) is 120 cm³/mol. The molecule has 3 N–H and O–H groups in total. The van der Waals surface area contributed by atoms with E-state index in [0.29, 0.717) is 26.1 Å². The lowest BCUT2D eigenvalue weighted by atomic mass is 9.97. The van der Waals surface area contributed by atoms with Crippen molar-refractivity contribution in [2.75, 3.05) is 5.75 Å². The second kappa shape index (κ2) is 8.41. The van der Waals surface area contributed by atoms with Gasteiger partial charge in [0.1, 0.15) is 4.83 Å². The summed E-state index contributed by atoms with van der Waals surface area (Å²) in [5.41, 5.74) is 7.40. The highest BCUT2D eigenvalue weighted by Gasteiger charge is 2.23. The van der Waals surface area contributed by atoms with Crippen LogP contribution in [-0.2, 0) is 17.6 Å². The highest BCUT2D eigenvalue weighted by atomic mass is 35.5. The zero-order valence-corrected chi connectivity index (χ0v) is 18.5. The number of aromatic nitrogens is 2. The minimum atomic E-state index is -0.919. The van der Waals surface area contributed by atoms with E-state index >= 15 is 0 Å².